The fraction of sp³-hybridized carbons (Fsp3) is 0.261. The van der Waals surface area contributed by atoms with E-state index in [1.807, 2.05) is 41.2 Å². The SMILES string of the molecule is O=C(NCc1ccccc1Cn1cccn1)C1CSC(Cc2ccccc2F)C(=O)N1. The van der Waals surface area contributed by atoms with E-state index in [0.717, 1.165) is 11.1 Å². The summed E-state index contributed by atoms with van der Waals surface area (Å²) in [7, 11) is 0. The molecule has 6 nitrogen and oxygen atoms in total. The van der Waals surface area contributed by atoms with Crippen molar-refractivity contribution in [2.45, 2.75) is 30.8 Å². The van der Waals surface area contributed by atoms with Crippen LogP contribution in [0.5, 0.6) is 0 Å². The van der Waals surface area contributed by atoms with Crippen molar-refractivity contribution < 1.29 is 14.0 Å². The van der Waals surface area contributed by atoms with E-state index in [2.05, 4.69) is 15.7 Å². The van der Waals surface area contributed by atoms with Crippen LogP contribution in [0.4, 0.5) is 4.39 Å². The Hall–Kier alpha value is -3.13. The molecule has 2 atom stereocenters. The third-order valence-electron chi connectivity index (χ3n) is 5.22. The van der Waals surface area contributed by atoms with Crippen LogP contribution >= 0.6 is 11.8 Å². The molecule has 8 heteroatoms. The Balaban J connectivity index is 1.31. The van der Waals surface area contributed by atoms with Crippen molar-refractivity contribution in [3.05, 3.63) is 89.5 Å². The van der Waals surface area contributed by atoms with E-state index >= 15 is 0 Å². The highest BCUT2D eigenvalue weighted by molar-refractivity contribution is 8.00. The normalized spacial score (nSPS) is 18.4. The minimum atomic E-state index is -0.604. The minimum Gasteiger partial charge on any atom is -0.350 e. The van der Waals surface area contributed by atoms with Gasteiger partial charge in [0.1, 0.15) is 11.9 Å². The molecule has 31 heavy (non-hydrogen) atoms. The number of benzene rings is 2. The van der Waals surface area contributed by atoms with Gasteiger partial charge >= 0.3 is 0 Å². The highest BCUT2D eigenvalue weighted by atomic mass is 32.2. The van der Waals surface area contributed by atoms with Crippen molar-refractivity contribution in [2.75, 3.05) is 5.75 Å². The first kappa shape index (κ1) is 21.1. The van der Waals surface area contributed by atoms with Crippen LogP contribution < -0.4 is 10.6 Å². The number of amides is 2. The van der Waals surface area contributed by atoms with Crippen molar-refractivity contribution >= 4 is 23.6 Å². The van der Waals surface area contributed by atoms with Crippen molar-refractivity contribution in [3.63, 3.8) is 0 Å². The van der Waals surface area contributed by atoms with E-state index in [9.17, 15) is 14.0 Å². The number of rotatable bonds is 7. The molecule has 1 aromatic heterocycles. The molecule has 0 spiro atoms. The number of carbonyl (C=O) groups is 2. The fourth-order valence-corrected chi connectivity index (χ4v) is 4.69. The van der Waals surface area contributed by atoms with E-state index in [1.54, 1.807) is 24.4 Å². The number of hydrogen-bond donors (Lipinski definition) is 2. The molecule has 2 heterocycles. The fourth-order valence-electron chi connectivity index (χ4n) is 3.51. The van der Waals surface area contributed by atoms with Crippen molar-refractivity contribution in [2.24, 2.45) is 0 Å². The molecule has 4 rings (SSSR count). The van der Waals surface area contributed by atoms with Crippen LogP contribution in [0.3, 0.4) is 0 Å². The Bertz CT molecular complexity index is 1060. The van der Waals surface area contributed by atoms with Gasteiger partial charge in [-0.05, 0) is 35.2 Å². The Labute approximate surface area is 184 Å². The Morgan fingerprint density at radius 3 is 2.58 bits per heavy atom. The van der Waals surface area contributed by atoms with Crippen LogP contribution in [0.15, 0.2) is 67.0 Å². The molecule has 2 N–H and O–H groups in total. The summed E-state index contributed by atoms with van der Waals surface area (Å²) in [4.78, 5) is 25.1. The van der Waals surface area contributed by atoms with Crippen LogP contribution in [0.2, 0.25) is 0 Å². The Morgan fingerprint density at radius 2 is 1.87 bits per heavy atom. The van der Waals surface area contributed by atoms with Crippen molar-refractivity contribution in [1.82, 2.24) is 20.4 Å². The van der Waals surface area contributed by atoms with Gasteiger partial charge in [-0.3, -0.25) is 14.3 Å². The minimum absolute atomic E-state index is 0.223. The van der Waals surface area contributed by atoms with E-state index in [0.29, 0.717) is 30.8 Å². The second kappa shape index (κ2) is 9.78. The second-order valence-electron chi connectivity index (χ2n) is 7.37. The predicted molar refractivity (Wildman–Crippen MR) is 118 cm³/mol. The number of thioether (sulfide) groups is 1. The van der Waals surface area contributed by atoms with Crippen LogP contribution in [0.25, 0.3) is 0 Å². The van der Waals surface area contributed by atoms with Crippen LogP contribution in [-0.4, -0.2) is 38.6 Å². The summed E-state index contributed by atoms with van der Waals surface area (Å²) in [6, 6.07) is 15.6. The van der Waals surface area contributed by atoms with Crippen LogP contribution in [-0.2, 0) is 29.1 Å². The van der Waals surface area contributed by atoms with Gasteiger partial charge in [0, 0.05) is 24.7 Å². The van der Waals surface area contributed by atoms with Crippen LogP contribution in [0.1, 0.15) is 16.7 Å². The van der Waals surface area contributed by atoms with Gasteiger partial charge in [-0.25, -0.2) is 4.39 Å². The van der Waals surface area contributed by atoms with Crippen LogP contribution in [0, 0.1) is 5.82 Å². The predicted octanol–water partition coefficient (Wildman–Crippen LogP) is 2.53. The summed E-state index contributed by atoms with van der Waals surface area (Å²) in [5, 5.41) is 9.53. The molecule has 0 bridgehead atoms. The zero-order chi connectivity index (χ0) is 21.6. The molecule has 1 fully saturated rings. The number of carbonyl (C=O) groups excluding carboxylic acids is 2. The third kappa shape index (κ3) is 5.32. The highest BCUT2D eigenvalue weighted by Crippen LogP contribution is 2.23. The van der Waals surface area contributed by atoms with Gasteiger partial charge in [0.15, 0.2) is 0 Å². The lowest BCUT2D eigenvalue weighted by molar-refractivity contribution is -0.128. The summed E-state index contributed by atoms with van der Waals surface area (Å²) >= 11 is 1.39. The zero-order valence-corrected chi connectivity index (χ0v) is 17.6. The maximum atomic E-state index is 13.9. The van der Waals surface area contributed by atoms with Crippen molar-refractivity contribution in [3.8, 4) is 0 Å². The summed E-state index contributed by atoms with van der Waals surface area (Å²) in [6.45, 7) is 0.985. The zero-order valence-electron chi connectivity index (χ0n) is 16.8. The van der Waals surface area contributed by atoms with Crippen molar-refractivity contribution in [1.29, 1.82) is 0 Å². The first-order valence-electron chi connectivity index (χ1n) is 10.1. The molecular formula is C23H23FN4O2S. The molecule has 0 radical (unpaired) electrons. The van der Waals surface area contributed by atoms with Gasteiger partial charge < -0.3 is 10.6 Å². The Kier molecular flexibility index (Phi) is 6.66. The molecule has 160 valence electrons. The maximum absolute atomic E-state index is 13.9. The molecule has 2 amide bonds. The lowest BCUT2D eigenvalue weighted by Gasteiger charge is -2.28. The largest absolute Gasteiger partial charge is 0.350 e. The van der Waals surface area contributed by atoms with Gasteiger partial charge in [-0.2, -0.15) is 5.10 Å². The number of nitrogens with zero attached hydrogens (tertiary/aromatic N) is 2. The molecule has 1 saturated heterocycles. The molecular weight excluding hydrogens is 415 g/mol. The van der Waals surface area contributed by atoms with Gasteiger partial charge in [0.2, 0.25) is 11.8 Å². The summed E-state index contributed by atoms with van der Waals surface area (Å²) in [5.74, 6) is -0.326. The molecule has 0 saturated carbocycles. The number of aromatic nitrogens is 2. The lowest BCUT2D eigenvalue weighted by Crippen LogP contribution is -2.54. The topological polar surface area (TPSA) is 76.0 Å². The van der Waals surface area contributed by atoms with Gasteiger partial charge in [-0.1, -0.05) is 42.5 Å². The summed E-state index contributed by atoms with van der Waals surface area (Å²) in [5.41, 5.74) is 2.57. The molecule has 0 aliphatic carbocycles. The smallest absolute Gasteiger partial charge is 0.243 e. The second-order valence-corrected chi connectivity index (χ2v) is 8.60. The number of hydrogen-bond acceptors (Lipinski definition) is 4. The maximum Gasteiger partial charge on any atom is 0.243 e. The van der Waals surface area contributed by atoms with E-state index in [1.165, 1.54) is 17.8 Å². The first-order chi connectivity index (χ1) is 15.1. The quantitative estimate of drug-likeness (QED) is 0.595. The molecule has 2 unspecified atom stereocenters. The van der Waals surface area contributed by atoms with E-state index in [4.69, 9.17) is 0 Å². The molecule has 1 aliphatic rings. The van der Waals surface area contributed by atoms with Gasteiger partial charge in [0.25, 0.3) is 0 Å². The first-order valence-corrected chi connectivity index (χ1v) is 11.1. The average molecular weight is 439 g/mol. The third-order valence-corrected chi connectivity index (χ3v) is 6.52. The number of nitrogens with one attached hydrogen (secondary N) is 2. The standard InChI is InChI=1S/C23H23FN4O2S/c24-19-9-4-3-6-16(19)12-21-23(30)27-20(15-31-21)22(29)25-13-17-7-1-2-8-18(17)14-28-11-5-10-26-28/h1-11,20-21H,12-15H2,(H,25,29)(H,27,30). The monoisotopic (exact) mass is 438 g/mol. The number of halogens is 1. The van der Waals surface area contributed by atoms with E-state index in [-0.39, 0.29) is 17.6 Å². The molecule has 1 aliphatic heterocycles. The average Bonchev–Trinajstić information content (AvgIpc) is 3.29. The summed E-state index contributed by atoms with van der Waals surface area (Å²) in [6.07, 6.45) is 3.92. The van der Waals surface area contributed by atoms with E-state index < -0.39 is 11.3 Å². The molecule has 2 aromatic carbocycles. The van der Waals surface area contributed by atoms with Gasteiger partial charge in [-0.15, -0.1) is 11.8 Å². The summed E-state index contributed by atoms with van der Waals surface area (Å²) < 4.78 is 15.7. The molecule has 3 aromatic rings. The Morgan fingerprint density at radius 1 is 1.13 bits per heavy atom. The lowest BCUT2D eigenvalue weighted by atomic mass is 10.1. The van der Waals surface area contributed by atoms with Gasteiger partial charge in [0.05, 0.1) is 11.8 Å². The highest BCUT2D eigenvalue weighted by Gasteiger charge is 2.32.